The molecule has 20 heavy (non-hydrogen) atoms. The molecule has 1 saturated heterocycles. The zero-order valence-electron chi connectivity index (χ0n) is 12.6. The van der Waals surface area contributed by atoms with Crippen molar-refractivity contribution in [3.63, 3.8) is 0 Å². The van der Waals surface area contributed by atoms with Gasteiger partial charge in [-0.15, -0.1) is 0 Å². The number of allylic oxidation sites excluding steroid dienone is 2. The average Bonchev–Trinajstić information content (AvgIpc) is 3.27. The fraction of sp³-hybridized carbons (Fsp3) is 0.812. The molecule has 0 radical (unpaired) electrons. The highest BCUT2D eigenvalue weighted by Gasteiger charge is 2.24. The van der Waals surface area contributed by atoms with Gasteiger partial charge in [0.25, 0.3) is 0 Å². The third-order valence-corrected chi connectivity index (χ3v) is 3.17. The lowest BCUT2D eigenvalue weighted by atomic mass is 10.1. The third kappa shape index (κ3) is 10.9. The van der Waals surface area contributed by atoms with Crippen molar-refractivity contribution in [3.8, 4) is 0 Å². The van der Waals surface area contributed by atoms with Crippen LogP contribution in [0.3, 0.4) is 0 Å². The van der Waals surface area contributed by atoms with Gasteiger partial charge >= 0.3 is 6.16 Å². The minimum absolute atomic E-state index is 0.102. The highest BCUT2D eigenvalue weighted by atomic mass is 16.7. The molecule has 4 nitrogen and oxygen atoms in total. The van der Waals surface area contributed by atoms with E-state index in [1.54, 1.807) is 0 Å². The van der Waals surface area contributed by atoms with Crippen molar-refractivity contribution in [3.05, 3.63) is 12.2 Å². The van der Waals surface area contributed by atoms with Crippen LogP contribution in [-0.4, -0.2) is 32.1 Å². The lowest BCUT2D eigenvalue weighted by molar-refractivity contribution is 0.0495. The highest BCUT2D eigenvalue weighted by Crippen LogP contribution is 2.09. The SMILES string of the molecule is CCCCCC/C=C\CCCCOC(=O)OCC1CO1. The molecule has 0 amide bonds. The number of hydrogen-bond acceptors (Lipinski definition) is 4. The number of epoxide rings is 1. The van der Waals surface area contributed by atoms with Gasteiger partial charge in [0.1, 0.15) is 12.7 Å². The Balaban J connectivity index is 1.76. The van der Waals surface area contributed by atoms with Crippen LogP contribution in [0.4, 0.5) is 4.79 Å². The Morgan fingerprint density at radius 2 is 1.80 bits per heavy atom. The summed E-state index contributed by atoms with van der Waals surface area (Å²) in [6.07, 6.45) is 13.5. The van der Waals surface area contributed by atoms with Crippen molar-refractivity contribution < 1.29 is 19.0 Å². The van der Waals surface area contributed by atoms with Crippen LogP contribution in [0.2, 0.25) is 0 Å². The van der Waals surface area contributed by atoms with Crippen LogP contribution >= 0.6 is 0 Å². The van der Waals surface area contributed by atoms with E-state index in [4.69, 9.17) is 14.2 Å². The maximum atomic E-state index is 11.1. The first-order chi connectivity index (χ1) is 9.83. The predicted molar refractivity (Wildman–Crippen MR) is 78.8 cm³/mol. The van der Waals surface area contributed by atoms with Gasteiger partial charge in [0, 0.05) is 0 Å². The largest absolute Gasteiger partial charge is 0.508 e. The zero-order chi connectivity index (χ0) is 14.5. The van der Waals surface area contributed by atoms with E-state index in [0.717, 1.165) is 19.3 Å². The van der Waals surface area contributed by atoms with Crippen molar-refractivity contribution in [1.29, 1.82) is 0 Å². The molecule has 116 valence electrons. The lowest BCUT2D eigenvalue weighted by Gasteiger charge is -2.04. The first kappa shape index (κ1) is 17.0. The highest BCUT2D eigenvalue weighted by molar-refractivity contribution is 5.59. The van der Waals surface area contributed by atoms with Gasteiger partial charge in [-0.1, -0.05) is 38.3 Å². The molecule has 0 aromatic carbocycles. The van der Waals surface area contributed by atoms with Crippen molar-refractivity contribution in [1.82, 2.24) is 0 Å². The molecule has 1 aliphatic heterocycles. The Kier molecular flexibility index (Phi) is 10.0. The molecule has 1 fully saturated rings. The van der Waals surface area contributed by atoms with Gasteiger partial charge in [-0.2, -0.15) is 0 Å². The smallest absolute Gasteiger partial charge is 0.434 e. The van der Waals surface area contributed by atoms with Crippen LogP contribution in [0.25, 0.3) is 0 Å². The van der Waals surface area contributed by atoms with E-state index in [-0.39, 0.29) is 6.10 Å². The number of ether oxygens (including phenoxy) is 3. The van der Waals surface area contributed by atoms with Crippen molar-refractivity contribution in [2.24, 2.45) is 0 Å². The molecule has 0 bridgehead atoms. The summed E-state index contributed by atoms with van der Waals surface area (Å²) in [5.74, 6) is 0. The zero-order valence-corrected chi connectivity index (χ0v) is 12.6. The normalized spacial score (nSPS) is 17.4. The summed E-state index contributed by atoms with van der Waals surface area (Å²) in [5.41, 5.74) is 0. The van der Waals surface area contributed by atoms with Crippen LogP contribution in [0.1, 0.15) is 58.3 Å². The van der Waals surface area contributed by atoms with Crippen LogP contribution in [0.15, 0.2) is 12.2 Å². The van der Waals surface area contributed by atoms with Gasteiger partial charge in [0.15, 0.2) is 0 Å². The average molecular weight is 284 g/mol. The van der Waals surface area contributed by atoms with Crippen molar-refractivity contribution in [2.45, 2.75) is 64.4 Å². The Morgan fingerprint density at radius 3 is 2.45 bits per heavy atom. The second-order valence-electron chi connectivity index (χ2n) is 5.18. The summed E-state index contributed by atoms with van der Waals surface area (Å²) in [6, 6.07) is 0. The van der Waals surface area contributed by atoms with Crippen LogP contribution in [0.5, 0.6) is 0 Å². The Hall–Kier alpha value is -1.03. The van der Waals surface area contributed by atoms with E-state index in [0.29, 0.717) is 19.8 Å². The van der Waals surface area contributed by atoms with Gasteiger partial charge in [0.2, 0.25) is 0 Å². The van der Waals surface area contributed by atoms with Gasteiger partial charge in [-0.05, 0) is 32.1 Å². The second-order valence-corrected chi connectivity index (χ2v) is 5.18. The Labute approximate surface area is 122 Å². The van der Waals surface area contributed by atoms with Gasteiger partial charge in [0.05, 0.1) is 13.2 Å². The number of rotatable bonds is 12. The minimum Gasteiger partial charge on any atom is -0.434 e. The molecule has 4 heteroatoms. The summed E-state index contributed by atoms with van der Waals surface area (Å²) in [4.78, 5) is 11.1. The molecule has 1 rings (SSSR count). The van der Waals surface area contributed by atoms with E-state index in [9.17, 15) is 4.79 Å². The summed E-state index contributed by atoms with van der Waals surface area (Å²) >= 11 is 0. The van der Waals surface area contributed by atoms with Crippen LogP contribution in [0, 0.1) is 0 Å². The molecule has 0 N–H and O–H groups in total. The monoisotopic (exact) mass is 284 g/mol. The molecular formula is C16H28O4. The second kappa shape index (κ2) is 11.8. The Morgan fingerprint density at radius 1 is 1.10 bits per heavy atom. The predicted octanol–water partition coefficient (Wildman–Crippen LogP) is 4.24. The van der Waals surface area contributed by atoms with E-state index >= 15 is 0 Å². The van der Waals surface area contributed by atoms with Crippen molar-refractivity contribution >= 4 is 6.16 Å². The fourth-order valence-electron chi connectivity index (χ4n) is 1.81. The first-order valence-corrected chi connectivity index (χ1v) is 7.89. The fourth-order valence-corrected chi connectivity index (χ4v) is 1.81. The van der Waals surface area contributed by atoms with Crippen LogP contribution < -0.4 is 0 Å². The number of unbranched alkanes of at least 4 members (excludes halogenated alkanes) is 6. The quantitative estimate of drug-likeness (QED) is 0.233. The van der Waals surface area contributed by atoms with Crippen LogP contribution in [-0.2, 0) is 14.2 Å². The lowest BCUT2D eigenvalue weighted by Crippen LogP contribution is -2.12. The molecule has 1 aliphatic rings. The molecule has 1 atom stereocenters. The number of hydrogen-bond donors (Lipinski definition) is 0. The van der Waals surface area contributed by atoms with E-state index < -0.39 is 6.16 Å². The number of carbonyl (C=O) groups is 1. The summed E-state index contributed by atoms with van der Waals surface area (Å²) in [5, 5.41) is 0. The van der Waals surface area contributed by atoms with Gasteiger partial charge < -0.3 is 14.2 Å². The van der Waals surface area contributed by atoms with E-state index in [2.05, 4.69) is 19.1 Å². The molecule has 0 aromatic rings. The molecule has 1 heterocycles. The Bertz CT molecular complexity index is 272. The molecule has 0 aliphatic carbocycles. The standard InChI is InChI=1S/C16H28O4/c1-2-3-4-5-6-7-8-9-10-11-12-18-16(17)20-14-15-13-19-15/h7-8,15H,2-6,9-14H2,1H3/b8-7-. The molecule has 0 aromatic heterocycles. The van der Waals surface area contributed by atoms with Gasteiger partial charge in [-0.3, -0.25) is 0 Å². The third-order valence-electron chi connectivity index (χ3n) is 3.17. The van der Waals surface area contributed by atoms with E-state index in [1.165, 1.54) is 32.1 Å². The maximum Gasteiger partial charge on any atom is 0.508 e. The van der Waals surface area contributed by atoms with E-state index in [1.807, 2.05) is 0 Å². The summed E-state index contributed by atoms with van der Waals surface area (Å²) in [7, 11) is 0. The topological polar surface area (TPSA) is 48.1 Å². The summed E-state index contributed by atoms with van der Waals surface area (Å²) in [6.45, 7) is 3.68. The molecule has 0 spiro atoms. The van der Waals surface area contributed by atoms with Crippen molar-refractivity contribution in [2.75, 3.05) is 19.8 Å². The molecular weight excluding hydrogens is 256 g/mol. The van der Waals surface area contributed by atoms with Gasteiger partial charge in [-0.25, -0.2) is 4.79 Å². The minimum atomic E-state index is -0.577. The molecule has 0 saturated carbocycles. The first-order valence-electron chi connectivity index (χ1n) is 7.89. The molecule has 1 unspecified atom stereocenters. The summed E-state index contributed by atoms with van der Waals surface area (Å²) < 4.78 is 14.7. The number of carbonyl (C=O) groups excluding carboxylic acids is 1. The maximum absolute atomic E-state index is 11.1.